The van der Waals surface area contributed by atoms with Crippen LogP contribution in [0.3, 0.4) is 0 Å². The van der Waals surface area contributed by atoms with Crippen molar-refractivity contribution in [3.8, 4) is 0 Å². The lowest BCUT2D eigenvalue weighted by molar-refractivity contribution is 0.197. The number of rotatable bonds is 5. The highest BCUT2D eigenvalue weighted by Gasteiger charge is 2.26. The first-order chi connectivity index (χ1) is 11.1. The van der Waals surface area contributed by atoms with E-state index in [4.69, 9.17) is 0 Å². The largest absolute Gasteiger partial charge is 0.302 e. The minimum absolute atomic E-state index is 0.544. The van der Waals surface area contributed by atoms with Gasteiger partial charge in [0.2, 0.25) is 0 Å². The predicted molar refractivity (Wildman–Crippen MR) is 95.9 cm³/mol. The van der Waals surface area contributed by atoms with Gasteiger partial charge in [-0.25, -0.2) is 0 Å². The number of aromatic amines is 1. The van der Waals surface area contributed by atoms with Crippen molar-refractivity contribution in [1.82, 2.24) is 15.1 Å². The van der Waals surface area contributed by atoms with Crippen LogP contribution in [0.15, 0.2) is 36.5 Å². The number of H-pyrrole nitrogens is 1. The average molecular weight is 311 g/mol. The molecular formula is C20H29N3. The van der Waals surface area contributed by atoms with E-state index in [1.165, 1.54) is 36.2 Å². The number of benzene rings is 1. The number of likely N-dealkylation sites (tertiary alicyclic amines) is 1. The summed E-state index contributed by atoms with van der Waals surface area (Å²) >= 11 is 0. The molecule has 0 bridgehead atoms. The summed E-state index contributed by atoms with van der Waals surface area (Å²) in [6, 6.07) is 10.9. The third-order valence-electron chi connectivity index (χ3n) is 5.14. The molecule has 1 fully saturated rings. The average Bonchev–Trinajstić information content (AvgIpc) is 3.06. The molecule has 1 N–H and O–H groups in total. The second kappa shape index (κ2) is 7.31. The summed E-state index contributed by atoms with van der Waals surface area (Å²) in [5.41, 5.74) is 4.21. The van der Waals surface area contributed by atoms with Crippen molar-refractivity contribution in [2.24, 2.45) is 0 Å². The lowest BCUT2D eigenvalue weighted by atomic mass is 9.89. The van der Waals surface area contributed by atoms with Crippen LogP contribution in [0.2, 0.25) is 0 Å². The maximum atomic E-state index is 4.31. The van der Waals surface area contributed by atoms with Gasteiger partial charge in [0, 0.05) is 24.7 Å². The minimum atomic E-state index is 0.544. The van der Waals surface area contributed by atoms with Crippen molar-refractivity contribution >= 4 is 0 Å². The van der Waals surface area contributed by atoms with E-state index in [9.17, 15) is 0 Å². The van der Waals surface area contributed by atoms with E-state index in [-0.39, 0.29) is 0 Å². The van der Waals surface area contributed by atoms with Gasteiger partial charge in [-0.3, -0.25) is 5.10 Å². The standard InChI is InChI=1S/C20H29N3/c1-15(2)19-12-21-22-20(19)18-10-7-11-23(14-18)13-16(3)17-8-5-4-6-9-17/h4-6,8-9,12,15-16,18H,7,10-11,13-14H2,1-3H3,(H,21,22). The van der Waals surface area contributed by atoms with Crippen LogP contribution in [0.4, 0.5) is 0 Å². The van der Waals surface area contributed by atoms with Gasteiger partial charge in [-0.1, -0.05) is 51.1 Å². The Bertz CT molecular complexity index is 602. The molecule has 1 aromatic carbocycles. The summed E-state index contributed by atoms with van der Waals surface area (Å²) in [5.74, 6) is 1.73. The van der Waals surface area contributed by atoms with Gasteiger partial charge in [0.05, 0.1) is 6.20 Å². The molecule has 1 aliphatic rings. The maximum absolute atomic E-state index is 4.31. The summed E-state index contributed by atoms with van der Waals surface area (Å²) in [4.78, 5) is 2.64. The van der Waals surface area contributed by atoms with Gasteiger partial charge in [0.25, 0.3) is 0 Å². The normalized spacial score (nSPS) is 20.8. The number of nitrogens with zero attached hydrogens (tertiary/aromatic N) is 2. The zero-order valence-corrected chi connectivity index (χ0v) is 14.6. The number of hydrogen-bond acceptors (Lipinski definition) is 2. The van der Waals surface area contributed by atoms with Gasteiger partial charge in [0.1, 0.15) is 0 Å². The highest BCUT2D eigenvalue weighted by atomic mass is 15.2. The topological polar surface area (TPSA) is 31.9 Å². The fourth-order valence-corrected chi connectivity index (χ4v) is 3.82. The lowest BCUT2D eigenvalue weighted by Gasteiger charge is -2.34. The minimum Gasteiger partial charge on any atom is -0.302 e. The summed E-state index contributed by atoms with van der Waals surface area (Å²) in [7, 11) is 0. The molecule has 1 saturated heterocycles. The van der Waals surface area contributed by atoms with Gasteiger partial charge >= 0.3 is 0 Å². The van der Waals surface area contributed by atoms with Crippen LogP contribution in [0.5, 0.6) is 0 Å². The van der Waals surface area contributed by atoms with Crippen molar-refractivity contribution < 1.29 is 0 Å². The molecule has 0 aliphatic carbocycles. The molecule has 1 aliphatic heterocycles. The molecule has 3 heteroatoms. The SMILES string of the molecule is CC(C)c1cn[nH]c1C1CCCN(CC(C)c2ccccc2)C1. The van der Waals surface area contributed by atoms with E-state index >= 15 is 0 Å². The summed E-state index contributed by atoms with van der Waals surface area (Å²) in [6.45, 7) is 10.4. The predicted octanol–water partition coefficient (Wildman–Crippen LogP) is 4.52. The van der Waals surface area contributed by atoms with E-state index in [1.807, 2.05) is 6.20 Å². The van der Waals surface area contributed by atoms with Crippen LogP contribution in [0.1, 0.15) is 68.2 Å². The quantitative estimate of drug-likeness (QED) is 0.880. The third-order valence-corrected chi connectivity index (χ3v) is 5.14. The van der Waals surface area contributed by atoms with Gasteiger partial charge in [0.15, 0.2) is 0 Å². The van der Waals surface area contributed by atoms with Crippen molar-refractivity contribution in [3.63, 3.8) is 0 Å². The summed E-state index contributed by atoms with van der Waals surface area (Å²) < 4.78 is 0. The van der Waals surface area contributed by atoms with Crippen LogP contribution in [-0.4, -0.2) is 34.7 Å². The highest BCUT2D eigenvalue weighted by Crippen LogP contribution is 2.31. The monoisotopic (exact) mass is 311 g/mol. The smallest absolute Gasteiger partial charge is 0.0524 e. The molecule has 2 unspecified atom stereocenters. The number of hydrogen-bond donors (Lipinski definition) is 1. The lowest BCUT2D eigenvalue weighted by Crippen LogP contribution is -2.37. The fraction of sp³-hybridized carbons (Fsp3) is 0.550. The molecule has 0 amide bonds. The van der Waals surface area contributed by atoms with E-state index < -0.39 is 0 Å². The molecule has 0 saturated carbocycles. The molecule has 2 aromatic rings. The fourth-order valence-electron chi connectivity index (χ4n) is 3.82. The second-order valence-electron chi connectivity index (χ2n) is 7.30. The molecule has 3 nitrogen and oxygen atoms in total. The van der Waals surface area contributed by atoms with Gasteiger partial charge in [-0.15, -0.1) is 0 Å². The van der Waals surface area contributed by atoms with Crippen molar-refractivity contribution in [3.05, 3.63) is 53.3 Å². The van der Waals surface area contributed by atoms with Crippen molar-refractivity contribution in [1.29, 1.82) is 0 Å². The third kappa shape index (κ3) is 3.84. The Labute approximate surface area is 140 Å². The second-order valence-corrected chi connectivity index (χ2v) is 7.30. The Hall–Kier alpha value is -1.61. The first kappa shape index (κ1) is 16.3. The Kier molecular flexibility index (Phi) is 5.16. The van der Waals surface area contributed by atoms with Crippen LogP contribution in [0, 0.1) is 0 Å². The highest BCUT2D eigenvalue weighted by molar-refractivity contribution is 5.25. The zero-order chi connectivity index (χ0) is 16.2. The van der Waals surface area contributed by atoms with Crippen LogP contribution >= 0.6 is 0 Å². The van der Waals surface area contributed by atoms with Crippen LogP contribution in [-0.2, 0) is 0 Å². The van der Waals surface area contributed by atoms with Gasteiger partial charge < -0.3 is 4.90 Å². The Morgan fingerprint density at radius 1 is 1.22 bits per heavy atom. The zero-order valence-electron chi connectivity index (χ0n) is 14.6. The first-order valence-corrected chi connectivity index (χ1v) is 8.95. The van der Waals surface area contributed by atoms with E-state index in [2.05, 4.69) is 66.2 Å². The molecule has 0 radical (unpaired) electrons. The molecular weight excluding hydrogens is 282 g/mol. The van der Waals surface area contributed by atoms with Gasteiger partial charge in [-0.05, 0) is 42.3 Å². The summed E-state index contributed by atoms with van der Waals surface area (Å²) in [6.07, 6.45) is 4.58. The van der Waals surface area contributed by atoms with E-state index in [0.717, 1.165) is 13.1 Å². The first-order valence-electron chi connectivity index (χ1n) is 8.95. The Balaban J connectivity index is 1.65. The van der Waals surface area contributed by atoms with Crippen molar-refractivity contribution in [2.75, 3.05) is 19.6 Å². The molecule has 0 spiro atoms. The van der Waals surface area contributed by atoms with E-state index in [1.54, 1.807) is 0 Å². The molecule has 1 aromatic heterocycles. The van der Waals surface area contributed by atoms with E-state index in [0.29, 0.717) is 17.8 Å². The molecule has 2 heterocycles. The number of piperidine rings is 1. The summed E-state index contributed by atoms with van der Waals surface area (Å²) in [5, 5.41) is 7.59. The van der Waals surface area contributed by atoms with Crippen molar-refractivity contribution in [2.45, 2.75) is 51.4 Å². The molecule has 2 atom stereocenters. The maximum Gasteiger partial charge on any atom is 0.0524 e. The molecule has 124 valence electrons. The Morgan fingerprint density at radius 2 is 2.00 bits per heavy atom. The van der Waals surface area contributed by atoms with Gasteiger partial charge in [-0.2, -0.15) is 5.10 Å². The number of nitrogens with one attached hydrogen (secondary N) is 1. The number of aromatic nitrogens is 2. The van der Waals surface area contributed by atoms with Crippen LogP contribution in [0.25, 0.3) is 0 Å². The van der Waals surface area contributed by atoms with Crippen LogP contribution < -0.4 is 0 Å². The Morgan fingerprint density at radius 3 is 2.74 bits per heavy atom. The molecule has 3 rings (SSSR count). The molecule has 23 heavy (non-hydrogen) atoms.